The number of hydrogen-bond donors (Lipinski definition) is 2. The van der Waals surface area contributed by atoms with E-state index in [1.807, 2.05) is 24.3 Å². The van der Waals surface area contributed by atoms with E-state index >= 15 is 0 Å². The summed E-state index contributed by atoms with van der Waals surface area (Å²) in [5.74, 6) is -1.67. The fourth-order valence-corrected chi connectivity index (χ4v) is 4.93. The fraction of sp³-hybridized carbons (Fsp3) is 0.550. The Labute approximate surface area is 158 Å². The van der Waals surface area contributed by atoms with Crippen molar-refractivity contribution in [2.24, 2.45) is 17.8 Å². The predicted molar refractivity (Wildman–Crippen MR) is 98.7 cm³/mol. The van der Waals surface area contributed by atoms with Gasteiger partial charge in [0, 0.05) is 24.4 Å². The molecule has 1 spiro atoms. The molecule has 0 aliphatic carbocycles. The van der Waals surface area contributed by atoms with Crippen LogP contribution in [0.3, 0.4) is 0 Å². The largest absolute Gasteiger partial charge is 0.383 e. The number of likely N-dealkylation sites (tertiary alicyclic amines) is 1. The van der Waals surface area contributed by atoms with Crippen LogP contribution in [0.25, 0.3) is 0 Å². The molecule has 2 fully saturated rings. The van der Waals surface area contributed by atoms with Gasteiger partial charge in [-0.05, 0) is 18.4 Å². The molecule has 0 saturated carbocycles. The average Bonchev–Trinajstić information content (AvgIpc) is 3.19. The summed E-state index contributed by atoms with van der Waals surface area (Å²) in [6.07, 6.45) is 0.718. The topological polar surface area (TPSA) is 87.7 Å². The molecule has 4 rings (SSSR count). The summed E-state index contributed by atoms with van der Waals surface area (Å²) in [4.78, 5) is 40.8. The smallest absolute Gasteiger partial charge is 0.250 e. The number of benzene rings is 1. The third kappa shape index (κ3) is 2.45. The minimum absolute atomic E-state index is 0.200. The highest BCUT2D eigenvalue weighted by Gasteiger charge is 2.70. The molecule has 7 heteroatoms. The number of para-hydroxylation sites is 1. The van der Waals surface area contributed by atoms with Gasteiger partial charge in [-0.15, -0.1) is 0 Å². The van der Waals surface area contributed by atoms with Gasteiger partial charge in [-0.25, -0.2) is 0 Å². The number of nitrogens with one attached hydrogen (secondary N) is 2. The van der Waals surface area contributed by atoms with Crippen LogP contribution >= 0.6 is 0 Å². The Kier molecular flexibility index (Phi) is 4.31. The standard InChI is InChI=1S/C20H25N3O4/c1-11(2)10-14-15-16(18(25)23(17(15)24)8-9-27-3)20(22-14)12-6-4-5-7-13(12)21-19(20)26/h4-7,11,14-16,22H,8-10H2,1-3H3,(H,21,26)/t14-,15-,16+,20-/m1/s1. The molecule has 2 N–H and O–H groups in total. The van der Waals surface area contributed by atoms with Gasteiger partial charge in [0.25, 0.3) is 0 Å². The summed E-state index contributed by atoms with van der Waals surface area (Å²) in [5.41, 5.74) is 0.274. The minimum Gasteiger partial charge on any atom is -0.383 e. The van der Waals surface area contributed by atoms with E-state index < -0.39 is 17.4 Å². The molecule has 0 aromatic heterocycles. The van der Waals surface area contributed by atoms with Crippen molar-refractivity contribution in [3.05, 3.63) is 29.8 Å². The summed E-state index contributed by atoms with van der Waals surface area (Å²) < 4.78 is 5.07. The normalized spacial score (nSPS) is 31.8. The van der Waals surface area contributed by atoms with Crippen LogP contribution < -0.4 is 10.6 Å². The van der Waals surface area contributed by atoms with Crippen LogP contribution in [-0.4, -0.2) is 48.9 Å². The molecule has 4 atom stereocenters. The lowest BCUT2D eigenvalue weighted by Crippen LogP contribution is -2.53. The Morgan fingerprint density at radius 3 is 2.63 bits per heavy atom. The number of hydrogen-bond acceptors (Lipinski definition) is 5. The van der Waals surface area contributed by atoms with Gasteiger partial charge >= 0.3 is 0 Å². The summed E-state index contributed by atoms with van der Waals surface area (Å²) in [5, 5.41) is 6.33. The van der Waals surface area contributed by atoms with E-state index in [0.29, 0.717) is 11.6 Å². The number of carbonyl (C=O) groups is 3. The third-order valence-electron chi connectivity index (χ3n) is 5.96. The van der Waals surface area contributed by atoms with E-state index in [4.69, 9.17) is 4.74 Å². The predicted octanol–water partition coefficient (Wildman–Crippen LogP) is 1.10. The van der Waals surface area contributed by atoms with Crippen molar-refractivity contribution in [2.45, 2.75) is 31.8 Å². The Morgan fingerprint density at radius 1 is 1.19 bits per heavy atom. The van der Waals surface area contributed by atoms with E-state index in [-0.39, 0.29) is 36.9 Å². The molecule has 1 aromatic carbocycles. The van der Waals surface area contributed by atoms with Crippen LogP contribution in [0.1, 0.15) is 25.8 Å². The maximum atomic E-state index is 13.3. The van der Waals surface area contributed by atoms with E-state index in [2.05, 4.69) is 24.5 Å². The first-order valence-electron chi connectivity index (χ1n) is 9.44. The second-order valence-corrected chi connectivity index (χ2v) is 8.01. The van der Waals surface area contributed by atoms with Crippen molar-refractivity contribution in [2.75, 3.05) is 25.6 Å². The molecule has 3 aliphatic heterocycles. The van der Waals surface area contributed by atoms with Crippen LogP contribution in [0, 0.1) is 17.8 Å². The van der Waals surface area contributed by atoms with Crippen LogP contribution in [0.15, 0.2) is 24.3 Å². The number of amides is 3. The second-order valence-electron chi connectivity index (χ2n) is 8.01. The number of carbonyl (C=O) groups excluding carboxylic acids is 3. The summed E-state index contributed by atoms with van der Waals surface area (Å²) >= 11 is 0. The van der Waals surface area contributed by atoms with E-state index in [1.54, 1.807) is 0 Å². The molecule has 0 unspecified atom stereocenters. The zero-order chi connectivity index (χ0) is 19.3. The monoisotopic (exact) mass is 371 g/mol. The lowest BCUT2D eigenvalue weighted by molar-refractivity contribution is -0.143. The Bertz CT molecular complexity index is 808. The average molecular weight is 371 g/mol. The quantitative estimate of drug-likeness (QED) is 0.757. The molecule has 7 nitrogen and oxygen atoms in total. The van der Waals surface area contributed by atoms with Crippen LogP contribution in [0.2, 0.25) is 0 Å². The zero-order valence-corrected chi connectivity index (χ0v) is 15.8. The van der Waals surface area contributed by atoms with Crippen LogP contribution in [0.4, 0.5) is 5.69 Å². The van der Waals surface area contributed by atoms with Crippen molar-refractivity contribution < 1.29 is 19.1 Å². The molecule has 1 aromatic rings. The maximum Gasteiger partial charge on any atom is 0.250 e. The highest BCUT2D eigenvalue weighted by atomic mass is 16.5. The van der Waals surface area contributed by atoms with Crippen molar-refractivity contribution >= 4 is 23.4 Å². The first kappa shape index (κ1) is 18.1. The summed E-state index contributed by atoms with van der Waals surface area (Å²) in [6, 6.07) is 7.18. The molecular formula is C20H25N3O4. The van der Waals surface area contributed by atoms with Gasteiger partial charge in [0.1, 0.15) is 5.54 Å². The number of ether oxygens (including phenoxy) is 1. The second kappa shape index (κ2) is 6.42. The number of imide groups is 1. The highest BCUT2D eigenvalue weighted by Crippen LogP contribution is 2.53. The van der Waals surface area contributed by atoms with Gasteiger partial charge < -0.3 is 10.1 Å². The van der Waals surface area contributed by atoms with Gasteiger partial charge in [-0.3, -0.25) is 24.6 Å². The number of nitrogens with zero attached hydrogens (tertiary/aromatic N) is 1. The van der Waals surface area contributed by atoms with Crippen LogP contribution in [0.5, 0.6) is 0 Å². The van der Waals surface area contributed by atoms with E-state index in [9.17, 15) is 14.4 Å². The van der Waals surface area contributed by atoms with E-state index in [0.717, 1.165) is 12.0 Å². The molecule has 144 valence electrons. The van der Waals surface area contributed by atoms with Gasteiger partial charge in [0.2, 0.25) is 17.7 Å². The molecule has 2 saturated heterocycles. The van der Waals surface area contributed by atoms with Crippen molar-refractivity contribution in [1.29, 1.82) is 0 Å². The summed E-state index contributed by atoms with van der Waals surface area (Å²) in [6.45, 7) is 4.66. The molecule has 3 aliphatic rings. The number of anilines is 1. The van der Waals surface area contributed by atoms with Gasteiger partial charge in [0.15, 0.2) is 0 Å². The lowest BCUT2D eigenvalue weighted by atomic mass is 9.76. The highest BCUT2D eigenvalue weighted by molar-refractivity contribution is 6.15. The van der Waals surface area contributed by atoms with E-state index in [1.165, 1.54) is 12.0 Å². The van der Waals surface area contributed by atoms with Crippen molar-refractivity contribution in [3.8, 4) is 0 Å². The van der Waals surface area contributed by atoms with Gasteiger partial charge in [0.05, 0.1) is 25.0 Å². The zero-order valence-electron chi connectivity index (χ0n) is 15.8. The molecule has 0 radical (unpaired) electrons. The summed E-state index contributed by atoms with van der Waals surface area (Å²) in [7, 11) is 1.54. The van der Waals surface area contributed by atoms with Crippen LogP contribution in [-0.2, 0) is 24.7 Å². The minimum atomic E-state index is -1.19. The number of rotatable bonds is 5. The SMILES string of the molecule is COCCN1C(=O)[C@H]2[C@@H](C1=O)[C@@]1(N[C@@H]2CC(C)C)C(=O)Nc2ccccc21. The number of methoxy groups -OCH3 is 1. The van der Waals surface area contributed by atoms with Crippen molar-refractivity contribution in [1.82, 2.24) is 10.2 Å². The molecule has 0 bridgehead atoms. The molecule has 27 heavy (non-hydrogen) atoms. The molecular weight excluding hydrogens is 346 g/mol. The third-order valence-corrected chi connectivity index (χ3v) is 5.96. The maximum absolute atomic E-state index is 13.3. The molecule has 3 heterocycles. The number of fused-ring (bicyclic) bond motifs is 4. The Balaban J connectivity index is 1.82. The molecule has 3 amide bonds. The van der Waals surface area contributed by atoms with Gasteiger partial charge in [-0.1, -0.05) is 32.0 Å². The lowest BCUT2D eigenvalue weighted by Gasteiger charge is -2.29. The fourth-order valence-electron chi connectivity index (χ4n) is 4.93. The Hall–Kier alpha value is -2.25. The van der Waals surface area contributed by atoms with Gasteiger partial charge in [-0.2, -0.15) is 0 Å². The Morgan fingerprint density at radius 2 is 1.93 bits per heavy atom. The first-order chi connectivity index (χ1) is 12.9. The van der Waals surface area contributed by atoms with Crippen molar-refractivity contribution in [3.63, 3.8) is 0 Å². The first-order valence-corrected chi connectivity index (χ1v) is 9.44.